The molecule has 35 heavy (non-hydrogen) atoms. The molecule has 6 nitrogen and oxygen atoms in total. The minimum Gasteiger partial charge on any atom is -0.548 e. The van der Waals surface area contributed by atoms with Crippen molar-refractivity contribution in [1.82, 2.24) is 10.3 Å². The molecule has 0 aliphatic carbocycles. The molecule has 4 atom stereocenters. The van der Waals surface area contributed by atoms with Gasteiger partial charge in [0.2, 0.25) is 5.88 Å². The van der Waals surface area contributed by atoms with E-state index in [0.29, 0.717) is 6.20 Å². The number of carbonyl (C=O) groups excluding carboxylic acids is 1. The van der Waals surface area contributed by atoms with Crippen LogP contribution in [0.25, 0.3) is 0 Å². The van der Waals surface area contributed by atoms with Gasteiger partial charge in [-0.05, 0) is 28.5 Å². The summed E-state index contributed by atoms with van der Waals surface area (Å²) in [7, 11) is 1.32. The Kier molecular flexibility index (Phi) is 7.81. The van der Waals surface area contributed by atoms with E-state index in [4.69, 9.17) is 9.47 Å². The van der Waals surface area contributed by atoms with Gasteiger partial charge in [0, 0.05) is 17.7 Å². The van der Waals surface area contributed by atoms with Crippen molar-refractivity contribution in [2.75, 3.05) is 7.11 Å². The van der Waals surface area contributed by atoms with Gasteiger partial charge in [0.1, 0.15) is 0 Å². The smallest absolute Gasteiger partial charge is 0.417 e. The Balaban J connectivity index is 2.05. The van der Waals surface area contributed by atoms with Gasteiger partial charge in [0.15, 0.2) is 0 Å². The zero-order chi connectivity index (χ0) is 26.1. The highest BCUT2D eigenvalue weighted by atomic mass is 19.4. The minimum atomic E-state index is -4.57. The van der Waals surface area contributed by atoms with Gasteiger partial charge >= 0.3 is 6.18 Å². The summed E-state index contributed by atoms with van der Waals surface area (Å²) in [6, 6.07) is 7.13. The summed E-state index contributed by atoms with van der Waals surface area (Å²) < 4.78 is 51.4. The number of alkyl halides is 3. The Hall–Kier alpha value is -2.65. The first kappa shape index (κ1) is 26.9. The largest absolute Gasteiger partial charge is 0.548 e. The molecule has 9 heteroatoms. The zero-order valence-electron chi connectivity index (χ0n) is 20.8. The summed E-state index contributed by atoms with van der Waals surface area (Å²) in [4.78, 5) is 15.9. The van der Waals surface area contributed by atoms with Crippen LogP contribution in [0, 0.1) is 11.3 Å². The molecule has 4 unspecified atom stereocenters. The van der Waals surface area contributed by atoms with Crippen molar-refractivity contribution in [2.24, 2.45) is 11.3 Å². The molecule has 2 heterocycles. The van der Waals surface area contributed by atoms with Gasteiger partial charge in [-0.25, -0.2) is 4.98 Å². The maximum Gasteiger partial charge on any atom is 0.417 e. The summed E-state index contributed by atoms with van der Waals surface area (Å²) in [5, 5.41) is 15.3. The Morgan fingerprint density at radius 2 is 1.86 bits per heavy atom. The van der Waals surface area contributed by atoms with Crippen LogP contribution in [0.15, 0.2) is 36.5 Å². The normalized spacial score (nSPS) is 23.0. The molecule has 2 aromatic rings. The second kappa shape index (κ2) is 10.1. The van der Waals surface area contributed by atoms with Gasteiger partial charge < -0.3 is 19.4 Å². The van der Waals surface area contributed by atoms with E-state index in [-0.39, 0.29) is 24.0 Å². The van der Waals surface area contributed by atoms with Crippen molar-refractivity contribution in [3.63, 3.8) is 0 Å². The number of rotatable bonds is 7. The number of nitrogens with one attached hydrogen (secondary N) is 1. The molecule has 3 rings (SSSR count). The number of methoxy groups -OCH3 is 1. The number of halogens is 3. The van der Waals surface area contributed by atoms with Crippen LogP contribution in [0.1, 0.15) is 68.8 Å². The van der Waals surface area contributed by atoms with E-state index in [1.165, 1.54) is 7.11 Å². The topological polar surface area (TPSA) is 83.5 Å². The van der Waals surface area contributed by atoms with Gasteiger partial charge in [-0.3, -0.25) is 5.32 Å². The molecule has 0 amide bonds. The maximum atomic E-state index is 13.3. The lowest BCUT2D eigenvalue weighted by Gasteiger charge is -2.36. The van der Waals surface area contributed by atoms with E-state index >= 15 is 0 Å². The van der Waals surface area contributed by atoms with Crippen LogP contribution in [0.5, 0.6) is 5.88 Å². The second-order valence-electron chi connectivity index (χ2n) is 10.3. The maximum absolute atomic E-state index is 13.3. The average molecular weight is 494 g/mol. The summed E-state index contributed by atoms with van der Waals surface area (Å²) >= 11 is 0. The molecule has 1 N–H and O–H groups in total. The standard InChI is InChI=1S/C26H33F3N2O4/c1-14(2)17-9-7-8-10-18(17)20-22(19(25(3,4)5)21(31-20)24(32)33)35-13-15-11-16(26(27,28)29)12-30-23(15)34-6/h7-12,14,19-22,31H,13H2,1-6H3,(H,32,33)/p-1. The summed E-state index contributed by atoms with van der Waals surface area (Å²) in [6.07, 6.45) is -4.53. The van der Waals surface area contributed by atoms with Crippen LogP contribution >= 0.6 is 0 Å². The molecule has 1 aromatic heterocycles. The number of carboxylic acid groups (broad SMARTS) is 1. The first-order valence-electron chi connectivity index (χ1n) is 11.5. The number of hydrogen-bond acceptors (Lipinski definition) is 6. The third-order valence-corrected chi connectivity index (χ3v) is 6.49. The zero-order valence-corrected chi connectivity index (χ0v) is 20.8. The number of carboxylic acids is 1. The number of hydrogen-bond donors (Lipinski definition) is 1. The number of benzene rings is 1. The third-order valence-electron chi connectivity index (χ3n) is 6.49. The highest BCUT2D eigenvalue weighted by Gasteiger charge is 2.50. The van der Waals surface area contributed by atoms with E-state index in [1.807, 2.05) is 58.9 Å². The lowest BCUT2D eigenvalue weighted by atomic mass is 9.73. The van der Waals surface area contributed by atoms with Crippen LogP contribution in [-0.2, 0) is 22.3 Å². The quantitative estimate of drug-likeness (QED) is 0.621. The van der Waals surface area contributed by atoms with Crippen LogP contribution < -0.4 is 15.2 Å². The molecule has 1 saturated heterocycles. The van der Waals surface area contributed by atoms with E-state index in [0.717, 1.165) is 17.2 Å². The van der Waals surface area contributed by atoms with Gasteiger partial charge in [-0.2, -0.15) is 13.2 Å². The first-order chi connectivity index (χ1) is 16.3. The molecule has 1 fully saturated rings. The van der Waals surface area contributed by atoms with Gasteiger partial charge in [0.05, 0.1) is 43.4 Å². The molecule has 1 aromatic carbocycles. The first-order valence-corrected chi connectivity index (χ1v) is 11.5. The number of carbonyl (C=O) groups is 1. The minimum absolute atomic E-state index is 0.0202. The highest BCUT2D eigenvalue weighted by molar-refractivity contribution is 5.73. The number of aromatic nitrogens is 1. The molecular formula is C26H32F3N2O4-. The van der Waals surface area contributed by atoms with Crippen LogP contribution in [0.3, 0.4) is 0 Å². The van der Waals surface area contributed by atoms with Gasteiger partial charge in [-0.15, -0.1) is 0 Å². The lowest BCUT2D eigenvalue weighted by molar-refractivity contribution is -0.310. The fourth-order valence-corrected chi connectivity index (χ4v) is 4.91. The number of nitrogens with zero attached hydrogens (tertiary/aromatic N) is 1. The molecule has 1 aliphatic rings. The number of ether oxygens (including phenoxy) is 2. The van der Waals surface area contributed by atoms with Crippen LogP contribution in [-0.4, -0.2) is 30.2 Å². The Morgan fingerprint density at radius 1 is 1.20 bits per heavy atom. The van der Waals surface area contributed by atoms with Crippen molar-refractivity contribution in [2.45, 2.75) is 71.5 Å². The van der Waals surface area contributed by atoms with E-state index < -0.39 is 47.2 Å². The monoisotopic (exact) mass is 493 g/mol. The van der Waals surface area contributed by atoms with Crippen LogP contribution in [0.2, 0.25) is 0 Å². The fraction of sp³-hybridized carbons (Fsp3) is 0.538. The molecule has 0 spiro atoms. The Bertz CT molecular complexity index is 1050. The molecule has 1 aliphatic heterocycles. The Labute approximate surface area is 203 Å². The Morgan fingerprint density at radius 3 is 2.40 bits per heavy atom. The summed E-state index contributed by atoms with van der Waals surface area (Å²) in [5.74, 6) is -1.59. The molecular weight excluding hydrogens is 461 g/mol. The second-order valence-corrected chi connectivity index (χ2v) is 10.3. The molecule has 192 valence electrons. The van der Waals surface area contributed by atoms with Crippen LogP contribution in [0.4, 0.5) is 13.2 Å². The number of pyridine rings is 1. The number of aliphatic carboxylic acids is 1. The van der Waals surface area contributed by atoms with Crippen molar-refractivity contribution < 1.29 is 32.5 Å². The van der Waals surface area contributed by atoms with Crippen molar-refractivity contribution in [3.8, 4) is 5.88 Å². The van der Waals surface area contributed by atoms with Crippen molar-refractivity contribution >= 4 is 5.97 Å². The fourth-order valence-electron chi connectivity index (χ4n) is 4.91. The third kappa shape index (κ3) is 5.78. The predicted octanol–water partition coefficient (Wildman–Crippen LogP) is 4.24. The molecule has 0 radical (unpaired) electrons. The highest BCUT2D eigenvalue weighted by Crippen LogP contribution is 2.45. The van der Waals surface area contributed by atoms with Gasteiger partial charge in [-0.1, -0.05) is 58.9 Å². The van der Waals surface area contributed by atoms with E-state index in [9.17, 15) is 23.1 Å². The van der Waals surface area contributed by atoms with E-state index in [1.54, 1.807) is 0 Å². The summed E-state index contributed by atoms with van der Waals surface area (Å²) in [5.41, 5.74) is 0.620. The van der Waals surface area contributed by atoms with Crippen molar-refractivity contribution in [3.05, 3.63) is 58.8 Å². The molecule has 0 bridgehead atoms. The summed E-state index contributed by atoms with van der Waals surface area (Å²) in [6.45, 7) is 9.58. The lowest BCUT2D eigenvalue weighted by Crippen LogP contribution is -2.49. The molecule has 0 saturated carbocycles. The predicted molar refractivity (Wildman–Crippen MR) is 123 cm³/mol. The van der Waals surface area contributed by atoms with Crippen molar-refractivity contribution in [1.29, 1.82) is 0 Å². The average Bonchev–Trinajstić information content (AvgIpc) is 3.17. The van der Waals surface area contributed by atoms with Gasteiger partial charge in [0.25, 0.3) is 0 Å². The SMILES string of the molecule is COc1ncc(C(F)(F)F)cc1COC1C(c2ccccc2C(C)C)NC(C(=O)[O-])C1C(C)(C)C. The van der Waals surface area contributed by atoms with E-state index in [2.05, 4.69) is 10.3 Å².